The van der Waals surface area contributed by atoms with E-state index in [0.717, 1.165) is 10.2 Å². The standard InChI is InChI=1S/C9H9BrN2O2S/c10-5-1-2-6(11-3-5)8-12-7(4-15-8)9(13)14/h1-3,7-8,12H,4H2,(H,13,14)/t7-,8?/m1/s1. The van der Waals surface area contributed by atoms with Crippen LogP contribution in [0, 0.1) is 0 Å². The monoisotopic (exact) mass is 288 g/mol. The van der Waals surface area contributed by atoms with Crippen molar-refractivity contribution in [1.82, 2.24) is 10.3 Å². The molecule has 0 bridgehead atoms. The number of nitrogens with one attached hydrogen (secondary N) is 1. The van der Waals surface area contributed by atoms with Crippen molar-refractivity contribution in [3.05, 3.63) is 28.5 Å². The second-order valence-corrected chi connectivity index (χ2v) is 5.23. The highest BCUT2D eigenvalue weighted by Crippen LogP contribution is 2.31. The van der Waals surface area contributed by atoms with Crippen molar-refractivity contribution in [3.8, 4) is 0 Å². The second kappa shape index (κ2) is 4.51. The second-order valence-electron chi connectivity index (χ2n) is 3.17. The van der Waals surface area contributed by atoms with Gasteiger partial charge in [-0.1, -0.05) is 0 Å². The van der Waals surface area contributed by atoms with Gasteiger partial charge in [0, 0.05) is 16.4 Å². The summed E-state index contributed by atoms with van der Waals surface area (Å²) in [5.74, 6) is -0.223. The average molecular weight is 289 g/mol. The average Bonchev–Trinajstić information content (AvgIpc) is 2.68. The third kappa shape index (κ3) is 2.50. The van der Waals surface area contributed by atoms with Gasteiger partial charge in [-0.15, -0.1) is 11.8 Å². The molecule has 4 nitrogen and oxygen atoms in total. The van der Waals surface area contributed by atoms with Crippen LogP contribution < -0.4 is 5.32 Å². The van der Waals surface area contributed by atoms with Gasteiger partial charge in [-0.2, -0.15) is 0 Å². The third-order valence-corrected chi connectivity index (χ3v) is 3.80. The maximum atomic E-state index is 10.7. The Morgan fingerprint density at radius 2 is 2.47 bits per heavy atom. The molecule has 1 aliphatic heterocycles. The number of carbonyl (C=O) groups is 1. The SMILES string of the molecule is O=C(O)[C@H]1CSC(c2ccc(Br)cn2)N1. The Balaban J connectivity index is 2.07. The van der Waals surface area contributed by atoms with Crippen molar-refractivity contribution >= 4 is 33.7 Å². The molecule has 1 aliphatic rings. The van der Waals surface area contributed by atoms with Crippen molar-refractivity contribution in [1.29, 1.82) is 0 Å². The van der Waals surface area contributed by atoms with Crippen molar-refractivity contribution < 1.29 is 9.90 Å². The first kappa shape index (κ1) is 10.9. The van der Waals surface area contributed by atoms with E-state index in [9.17, 15) is 4.79 Å². The fraction of sp³-hybridized carbons (Fsp3) is 0.333. The zero-order valence-corrected chi connectivity index (χ0v) is 10.1. The molecule has 1 saturated heterocycles. The molecule has 2 rings (SSSR count). The van der Waals surface area contributed by atoms with Crippen LogP contribution in [0.15, 0.2) is 22.8 Å². The molecule has 2 N–H and O–H groups in total. The zero-order valence-electron chi connectivity index (χ0n) is 7.68. The van der Waals surface area contributed by atoms with Gasteiger partial charge in [0.25, 0.3) is 0 Å². The van der Waals surface area contributed by atoms with E-state index in [2.05, 4.69) is 26.2 Å². The molecular weight excluding hydrogens is 280 g/mol. The Hall–Kier alpha value is -0.590. The van der Waals surface area contributed by atoms with Gasteiger partial charge in [-0.25, -0.2) is 0 Å². The largest absolute Gasteiger partial charge is 0.480 e. The molecule has 80 valence electrons. The fourth-order valence-electron chi connectivity index (χ4n) is 1.33. The molecule has 0 aromatic carbocycles. The van der Waals surface area contributed by atoms with E-state index < -0.39 is 12.0 Å². The number of nitrogens with zero attached hydrogens (tertiary/aromatic N) is 1. The van der Waals surface area contributed by atoms with E-state index in [-0.39, 0.29) is 5.37 Å². The van der Waals surface area contributed by atoms with E-state index >= 15 is 0 Å². The Morgan fingerprint density at radius 3 is 3.00 bits per heavy atom. The summed E-state index contributed by atoms with van der Waals surface area (Å²) in [4.78, 5) is 15.0. The molecule has 0 saturated carbocycles. The van der Waals surface area contributed by atoms with Crippen LogP contribution in [0.25, 0.3) is 0 Å². The number of halogens is 1. The smallest absolute Gasteiger partial charge is 0.321 e. The third-order valence-electron chi connectivity index (χ3n) is 2.10. The lowest BCUT2D eigenvalue weighted by Crippen LogP contribution is -2.33. The van der Waals surface area contributed by atoms with E-state index in [1.165, 1.54) is 0 Å². The number of hydrogen-bond donors (Lipinski definition) is 2. The minimum Gasteiger partial charge on any atom is -0.480 e. The van der Waals surface area contributed by atoms with Gasteiger partial charge in [0.1, 0.15) is 6.04 Å². The number of carboxylic acid groups (broad SMARTS) is 1. The number of aromatic nitrogens is 1. The van der Waals surface area contributed by atoms with Crippen LogP contribution in [-0.4, -0.2) is 27.9 Å². The van der Waals surface area contributed by atoms with Crippen molar-refractivity contribution in [2.24, 2.45) is 0 Å². The molecule has 6 heteroatoms. The summed E-state index contributed by atoms with van der Waals surface area (Å²) < 4.78 is 0.920. The topological polar surface area (TPSA) is 62.2 Å². The molecule has 1 fully saturated rings. The number of pyridine rings is 1. The van der Waals surface area contributed by atoms with Crippen LogP contribution in [-0.2, 0) is 4.79 Å². The quantitative estimate of drug-likeness (QED) is 0.866. The summed E-state index contributed by atoms with van der Waals surface area (Å²) in [6.07, 6.45) is 1.71. The molecule has 1 aromatic heterocycles. The lowest BCUT2D eigenvalue weighted by molar-refractivity contribution is -0.138. The van der Waals surface area contributed by atoms with E-state index in [4.69, 9.17) is 5.11 Å². The lowest BCUT2D eigenvalue weighted by Gasteiger charge is -2.09. The van der Waals surface area contributed by atoms with Gasteiger partial charge in [-0.05, 0) is 28.1 Å². The molecule has 1 aromatic rings. The Morgan fingerprint density at radius 1 is 1.67 bits per heavy atom. The Labute approximate surface area is 99.6 Å². The van der Waals surface area contributed by atoms with Gasteiger partial charge in [0.05, 0.1) is 11.1 Å². The normalized spacial score (nSPS) is 25.4. The number of thioether (sulfide) groups is 1. The van der Waals surface area contributed by atoms with Gasteiger partial charge >= 0.3 is 5.97 Å². The van der Waals surface area contributed by atoms with Gasteiger partial charge in [0.15, 0.2) is 0 Å². The lowest BCUT2D eigenvalue weighted by atomic mass is 10.3. The Kier molecular flexibility index (Phi) is 3.28. The fourth-order valence-corrected chi connectivity index (χ4v) is 2.76. The van der Waals surface area contributed by atoms with Crippen molar-refractivity contribution in [2.45, 2.75) is 11.4 Å². The maximum Gasteiger partial charge on any atom is 0.321 e. The number of aliphatic carboxylic acids is 1. The molecule has 0 amide bonds. The first-order chi connectivity index (χ1) is 7.16. The minimum atomic E-state index is -0.804. The summed E-state index contributed by atoms with van der Waals surface area (Å²) in [5, 5.41) is 11.8. The summed E-state index contributed by atoms with van der Waals surface area (Å²) in [5.41, 5.74) is 0.868. The number of hydrogen-bond acceptors (Lipinski definition) is 4. The molecule has 1 unspecified atom stereocenters. The van der Waals surface area contributed by atoms with Gasteiger partial charge < -0.3 is 5.11 Å². The molecule has 2 heterocycles. The van der Waals surface area contributed by atoms with Crippen molar-refractivity contribution in [3.63, 3.8) is 0 Å². The van der Waals surface area contributed by atoms with Crippen LogP contribution in [0.2, 0.25) is 0 Å². The highest BCUT2D eigenvalue weighted by Gasteiger charge is 2.30. The van der Waals surface area contributed by atoms with Crippen molar-refractivity contribution in [2.75, 3.05) is 5.75 Å². The highest BCUT2D eigenvalue weighted by molar-refractivity contribution is 9.10. The molecular formula is C9H9BrN2O2S. The van der Waals surface area contributed by atoms with Gasteiger partial charge in [0.2, 0.25) is 0 Å². The Bertz CT molecular complexity index is 371. The van der Waals surface area contributed by atoms with E-state index in [1.54, 1.807) is 18.0 Å². The predicted octanol–water partition coefficient (Wildman–Crippen LogP) is 1.63. The van der Waals surface area contributed by atoms with Crippen LogP contribution in [0.1, 0.15) is 11.1 Å². The molecule has 0 aliphatic carbocycles. The van der Waals surface area contributed by atoms with Crippen LogP contribution in [0.5, 0.6) is 0 Å². The van der Waals surface area contributed by atoms with Crippen LogP contribution in [0.4, 0.5) is 0 Å². The summed E-state index contributed by atoms with van der Waals surface area (Å²) in [7, 11) is 0. The van der Waals surface area contributed by atoms with Gasteiger partial charge in [-0.3, -0.25) is 15.1 Å². The van der Waals surface area contributed by atoms with E-state index in [1.807, 2.05) is 12.1 Å². The highest BCUT2D eigenvalue weighted by atomic mass is 79.9. The maximum absolute atomic E-state index is 10.7. The zero-order chi connectivity index (χ0) is 10.8. The first-order valence-electron chi connectivity index (χ1n) is 4.39. The number of carboxylic acids is 1. The van der Waals surface area contributed by atoms with E-state index in [0.29, 0.717) is 5.75 Å². The molecule has 0 radical (unpaired) electrons. The number of rotatable bonds is 2. The minimum absolute atomic E-state index is 0.0146. The van der Waals surface area contributed by atoms with Crippen LogP contribution in [0.3, 0.4) is 0 Å². The molecule has 15 heavy (non-hydrogen) atoms. The molecule has 2 atom stereocenters. The van der Waals surface area contributed by atoms with Crippen LogP contribution >= 0.6 is 27.7 Å². The summed E-state index contributed by atoms with van der Waals surface area (Å²) >= 11 is 4.87. The molecule has 0 spiro atoms. The first-order valence-corrected chi connectivity index (χ1v) is 6.23. The predicted molar refractivity (Wildman–Crippen MR) is 61.7 cm³/mol. The summed E-state index contributed by atoms with van der Waals surface area (Å²) in [6, 6.07) is 3.32. The summed E-state index contributed by atoms with van der Waals surface area (Å²) in [6.45, 7) is 0.